The predicted octanol–water partition coefficient (Wildman–Crippen LogP) is 1.06. The summed E-state index contributed by atoms with van der Waals surface area (Å²) in [5.41, 5.74) is 2.18. The van der Waals surface area contributed by atoms with Crippen molar-refractivity contribution in [3.8, 4) is 0 Å². The number of aromatic nitrogens is 2. The molecule has 2 aromatic heterocycles. The molecule has 0 aliphatic carbocycles. The zero-order chi connectivity index (χ0) is 13.0. The fraction of sp³-hybridized carbons (Fsp3) is 0.200. The first-order valence-corrected chi connectivity index (χ1v) is 7.48. The van der Waals surface area contributed by atoms with Gasteiger partial charge in [-0.25, -0.2) is 13.1 Å². The Hall–Kier alpha value is -1.51. The lowest BCUT2D eigenvalue weighted by atomic mass is 10.4. The molecule has 0 saturated carbocycles. The zero-order valence-corrected chi connectivity index (χ0v) is 11.3. The van der Waals surface area contributed by atoms with Gasteiger partial charge >= 0.3 is 0 Å². The van der Waals surface area contributed by atoms with Crippen LogP contribution < -0.4 is 10.0 Å². The Morgan fingerprint density at radius 3 is 2.83 bits per heavy atom. The second-order valence-electron chi connectivity index (χ2n) is 3.41. The Balaban J connectivity index is 2.20. The van der Waals surface area contributed by atoms with Gasteiger partial charge in [-0.2, -0.15) is 0 Å². The summed E-state index contributed by atoms with van der Waals surface area (Å²) >= 11 is 1.40. The maximum Gasteiger partial charge on any atom is 0.244 e. The second-order valence-corrected chi connectivity index (χ2v) is 6.12. The maximum atomic E-state index is 12.1. The average molecular weight is 284 g/mol. The van der Waals surface area contributed by atoms with E-state index in [4.69, 9.17) is 0 Å². The highest BCUT2D eigenvalue weighted by molar-refractivity contribution is 7.89. The van der Waals surface area contributed by atoms with E-state index >= 15 is 0 Å². The minimum absolute atomic E-state index is 0.136. The van der Waals surface area contributed by atoms with Crippen LogP contribution in [0.4, 0.5) is 5.69 Å². The minimum Gasteiger partial charge on any atom is -0.387 e. The Kier molecular flexibility index (Phi) is 3.90. The van der Waals surface area contributed by atoms with Gasteiger partial charge in [-0.05, 0) is 6.07 Å². The molecule has 0 unspecified atom stereocenters. The lowest BCUT2D eigenvalue weighted by Crippen LogP contribution is -2.23. The third-order valence-electron chi connectivity index (χ3n) is 2.26. The normalized spacial score (nSPS) is 11.4. The van der Waals surface area contributed by atoms with Crippen molar-refractivity contribution in [3.05, 3.63) is 35.0 Å². The first kappa shape index (κ1) is 12.9. The van der Waals surface area contributed by atoms with Gasteiger partial charge in [-0.1, -0.05) is 0 Å². The monoisotopic (exact) mass is 284 g/mol. The molecule has 0 saturated heterocycles. The number of rotatable bonds is 5. The van der Waals surface area contributed by atoms with Gasteiger partial charge in [-0.3, -0.25) is 9.97 Å². The van der Waals surface area contributed by atoms with E-state index in [0.29, 0.717) is 5.69 Å². The molecule has 0 bridgehead atoms. The lowest BCUT2D eigenvalue weighted by Gasteiger charge is -2.09. The van der Waals surface area contributed by atoms with Gasteiger partial charge < -0.3 is 5.32 Å². The van der Waals surface area contributed by atoms with Gasteiger partial charge in [0.1, 0.15) is 4.90 Å². The third kappa shape index (κ3) is 2.84. The summed E-state index contributed by atoms with van der Waals surface area (Å²) in [6.07, 6.45) is 4.49. The molecule has 2 heterocycles. The fourth-order valence-corrected chi connectivity index (χ4v) is 3.16. The lowest BCUT2D eigenvalue weighted by molar-refractivity contribution is 0.581. The van der Waals surface area contributed by atoms with E-state index in [1.807, 2.05) is 0 Å². The van der Waals surface area contributed by atoms with Gasteiger partial charge in [0.2, 0.25) is 10.0 Å². The van der Waals surface area contributed by atoms with Crippen molar-refractivity contribution in [1.82, 2.24) is 14.7 Å². The van der Waals surface area contributed by atoms with Crippen molar-refractivity contribution in [2.24, 2.45) is 0 Å². The molecule has 8 heteroatoms. The van der Waals surface area contributed by atoms with E-state index in [-0.39, 0.29) is 11.4 Å². The van der Waals surface area contributed by atoms with Gasteiger partial charge in [0, 0.05) is 37.1 Å². The van der Waals surface area contributed by atoms with E-state index in [0.717, 1.165) is 4.88 Å². The minimum atomic E-state index is -3.58. The molecule has 0 aliphatic heterocycles. The van der Waals surface area contributed by atoms with Crippen molar-refractivity contribution in [2.45, 2.75) is 11.4 Å². The number of thiazole rings is 1. The molecule has 0 amide bonds. The zero-order valence-electron chi connectivity index (χ0n) is 9.62. The molecule has 0 fully saturated rings. The number of anilines is 1. The topological polar surface area (TPSA) is 84.0 Å². The molecule has 0 atom stereocenters. The molecule has 0 aromatic carbocycles. The van der Waals surface area contributed by atoms with Crippen LogP contribution in [-0.2, 0) is 16.6 Å². The Labute approximate surface area is 109 Å². The van der Waals surface area contributed by atoms with Crippen LogP contribution in [0.3, 0.4) is 0 Å². The van der Waals surface area contributed by atoms with Crippen LogP contribution in [0.2, 0.25) is 0 Å². The highest BCUT2D eigenvalue weighted by Crippen LogP contribution is 2.19. The van der Waals surface area contributed by atoms with Crippen LogP contribution in [-0.4, -0.2) is 25.4 Å². The summed E-state index contributed by atoms with van der Waals surface area (Å²) in [7, 11) is -1.91. The van der Waals surface area contributed by atoms with Crippen molar-refractivity contribution < 1.29 is 8.42 Å². The number of pyridine rings is 1. The molecular weight excluding hydrogens is 272 g/mol. The largest absolute Gasteiger partial charge is 0.387 e. The third-order valence-corrected chi connectivity index (χ3v) is 4.47. The molecule has 96 valence electrons. The van der Waals surface area contributed by atoms with Gasteiger partial charge in [0.25, 0.3) is 0 Å². The highest BCUT2D eigenvalue weighted by atomic mass is 32.2. The first-order chi connectivity index (χ1) is 8.63. The quantitative estimate of drug-likeness (QED) is 0.857. The average Bonchev–Trinajstić information content (AvgIpc) is 2.89. The number of hydrogen-bond acceptors (Lipinski definition) is 6. The van der Waals surface area contributed by atoms with Crippen molar-refractivity contribution >= 4 is 27.0 Å². The first-order valence-electron chi connectivity index (χ1n) is 5.12. The summed E-state index contributed by atoms with van der Waals surface area (Å²) in [6, 6.07) is 1.61. The maximum absolute atomic E-state index is 12.1. The standard InChI is InChI=1S/C10H12N4O2S2/c1-11-9-2-3-12-6-10(9)18(15,16)14-5-8-4-13-7-17-8/h2-4,6-7,14H,5H2,1H3,(H,11,12). The van der Waals surface area contributed by atoms with E-state index in [1.165, 1.54) is 23.7 Å². The molecular formula is C10H12N4O2S2. The molecule has 0 aliphatic rings. The molecule has 18 heavy (non-hydrogen) atoms. The van der Waals surface area contributed by atoms with Crippen molar-refractivity contribution in [3.63, 3.8) is 0 Å². The van der Waals surface area contributed by atoms with Crippen LogP contribution in [0, 0.1) is 0 Å². The summed E-state index contributed by atoms with van der Waals surface area (Å²) in [5.74, 6) is 0. The van der Waals surface area contributed by atoms with E-state index in [9.17, 15) is 8.42 Å². The fourth-order valence-electron chi connectivity index (χ4n) is 1.37. The van der Waals surface area contributed by atoms with Crippen molar-refractivity contribution in [1.29, 1.82) is 0 Å². The smallest absolute Gasteiger partial charge is 0.244 e. The summed E-state index contributed by atoms with van der Waals surface area (Å²) in [4.78, 5) is 8.72. The molecule has 6 nitrogen and oxygen atoms in total. The number of nitrogens with one attached hydrogen (secondary N) is 2. The van der Waals surface area contributed by atoms with E-state index < -0.39 is 10.0 Å². The van der Waals surface area contributed by atoms with E-state index in [2.05, 4.69) is 20.0 Å². The van der Waals surface area contributed by atoms with Gasteiger partial charge in [0.15, 0.2) is 0 Å². The molecule has 0 radical (unpaired) electrons. The SMILES string of the molecule is CNc1ccncc1S(=O)(=O)NCc1cncs1. The van der Waals surface area contributed by atoms with Crippen LogP contribution in [0.25, 0.3) is 0 Å². The number of sulfonamides is 1. The molecule has 2 N–H and O–H groups in total. The van der Waals surface area contributed by atoms with Gasteiger partial charge in [-0.15, -0.1) is 11.3 Å². The van der Waals surface area contributed by atoms with Crippen LogP contribution >= 0.6 is 11.3 Å². The van der Waals surface area contributed by atoms with Crippen molar-refractivity contribution in [2.75, 3.05) is 12.4 Å². The molecule has 2 rings (SSSR count). The number of nitrogens with zero attached hydrogens (tertiary/aromatic N) is 2. The molecule has 0 spiro atoms. The van der Waals surface area contributed by atoms with Crippen LogP contribution in [0.15, 0.2) is 35.1 Å². The Bertz CT molecular complexity index is 611. The summed E-state index contributed by atoms with van der Waals surface area (Å²) < 4.78 is 26.7. The van der Waals surface area contributed by atoms with E-state index in [1.54, 1.807) is 24.8 Å². The van der Waals surface area contributed by atoms with Gasteiger partial charge in [0.05, 0.1) is 11.2 Å². The summed E-state index contributed by atoms with van der Waals surface area (Å²) in [6.45, 7) is 0.227. The predicted molar refractivity (Wildman–Crippen MR) is 69.9 cm³/mol. The van der Waals surface area contributed by atoms with Crippen LogP contribution in [0.5, 0.6) is 0 Å². The number of hydrogen-bond donors (Lipinski definition) is 2. The summed E-state index contributed by atoms with van der Waals surface area (Å²) in [5, 5.41) is 2.83. The Morgan fingerprint density at radius 1 is 1.33 bits per heavy atom. The second kappa shape index (κ2) is 5.42. The Morgan fingerprint density at radius 2 is 2.17 bits per heavy atom. The highest BCUT2D eigenvalue weighted by Gasteiger charge is 2.18. The molecule has 2 aromatic rings. The van der Waals surface area contributed by atoms with Crippen LogP contribution in [0.1, 0.15) is 4.88 Å².